The summed E-state index contributed by atoms with van der Waals surface area (Å²) in [7, 11) is 1.36. The minimum atomic E-state index is -1.79. The summed E-state index contributed by atoms with van der Waals surface area (Å²) in [6, 6.07) is 0. The lowest BCUT2D eigenvalue weighted by molar-refractivity contribution is -0.147. The van der Waals surface area contributed by atoms with Gasteiger partial charge in [-0.25, -0.2) is 4.79 Å². The van der Waals surface area contributed by atoms with Crippen LogP contribution in [0.15, 0.2) is 4.47 Å². The quantitative estimate of drug-likeness (QED) is 0.794. The van der Waals surface area contributed by atoms with Crippen LogP contribution >= 0.6 is 15.9 Å². The number of rotatable bonds is 3. The number of ether oxygens (including phenoxy) is 1. The van der Waals surface area contributed by atoms with E-state index in [9.17, 15) is 15.0 Å². The van der Waals surface area contributed by atoms with Crippen molar-refractivity contribution in [3.8, 4) is 11.5 Å². The summed E-state index contributed by atoms with van der Waals surface area (Å²) in [5, 5.41) is 28.3. The van der Waals surface area contributed by atoms with E-state index in [4.69, 9.17) is 9.84 Å². The van der Waals surface area contributed by atoms with Crippen LogP contribution in [-0.2, 0) is 4.79 Å². The van der Waals surface area contributed by atoms with Crippen LogP contribution < -0.4 is 4.74 Å². The molecule has 94 valence electrons. The number of halogens is 1. The molecule has 17 heavy (non-hydrogen) atoms. The van der Waals surface area contributed by atoms with E-state index in [2.05, 4.69) is 15.9 Å². The van der Waals surface area contributed by atoms with Crippen molar-refractivity contribution >= 4 is 21.9 Å². The average Bonchev–Trinajstić information content (AvgIpc) is 2.27. The summed E-state index contributed by atoms with van der Waals surface area (Å²) in [6.07, 6.45) is -1.79. The van der Waals surface area contributed by atoms with Gasteiger partial charge in [-0.05, 0) is 19.4 Å². The minimum absolute atomic E-state index is 0.0631. The van der Waals surface area contributed by atoms with Gasteiger partial charge in [0.15, 0.2) is 17.6 Å². The van der Waals surface area contributed by atoms with Crippen molar-refractivity contribution in [2.24, 2.45) is 0 Å². The van der Waals surface area contributed by atoms with Gasteiger partial charge in [-0.15, -0.1) is 0 Å². The SMILES string of the molecule is COc1c(C)c(Br)c(C)c(C(O)C(=O)O)c1O. The monoisotopic (exact) mass is 304 g/mol. The first-order valence-corrected chi connectivity index (χ1v) is 5.58. The summed E-state index contributed by atoms with van der Waals surface area (Å²) in [5.41, 5.74) is 1.05. The Labute approximate surface area is 107 Å². The molecule has 0 heterocycles. The van der Waals surface area contributed by atoms with Gasteiger partial charge in [0, 0.05) is 15.6 Å². The highest BCUT2D eigenvalue weighted by Gasteiger charge is 2.27. The number of benzene rings is 1. The van der Waals surface area contributed by atoms with Crippen molar-refractivity contribution in [1.29, 1.82) is 0 Å². The minimum Gasteiger partial charge on any atom is -0.504 e. The molecule has 0 spiro atoms. The fourth-order valence-electron chi connectivity index (χ4n) is 1.68. The summed E-state index contributed by atoms with van der Waals surface area (Å²) < 4.78 is 5.60. The number of carboxylic acid groups (broad SMARTS) is 1. The Balaban J connectivity index is 3.61. The van der Waals surface area contributed by atoms with E-state index in [0.717, 1.165) is 0 Å². The molecule has 3 N–H and O–H groups in total. The number of phenolic OH excluding ortho intramolecular Hbond substituents is 1. The summed E-state index contributed by atoms with van der Waals surface area (Å²) in [5.74, 6) is -1.63. The summed E-state index contributed by atoms with van der Waals surface area (Å²) in [4.78, 5) is 10.8. The van der Waals surface area contributed by atoms with E-state index in [0.29, 0.717) is 15.6 Å². The number of methoxy groups -OCH3 is 1. The molecule has 1 unspecified atom stereocenters. The van der Waals surface area contributed by atoms with E-state index >= 15 is 0 Å². The van der Waals surface area contributed by atoms with E-state index < -0.39 is 12.1 Å². The third-order valence-electron chi connectivity index (χ3n) is 2.58. The molecule has 0 aliphatic rings. The van der Waals surface area contributed by atoms with Crippen LogP contribution in [0.3, 0.4) is 0 Å². The lowest BCUT2D eigenvalue weighted by Crippen LogP contribution is -2.13. The highest BCUT2D eigenvalue weighted by atomic mass is 79.9. The zero-order valence-electron chi connectivity index (χ0n) is 9.61. The highest BCUT2D eigenvalue weighted by molar-refractivity contribution is 9.10. The maximum Gasteiger partial charge on any atom is 0.337 e. The van der Waals surface area contributed by atoms with Crippen molar-refractivity contribution in [1.82, 2.24) is 0 Å². The van der Waals surface area contributed by atoms with Gasteiger partial charge in [-0.3, -0.25) is 0 Å². The van der Waals surface area contributed by atoms with Gasteiger partial charge in [0.1, 0.15) is 0 Å². The number of aliphatic hydroxyl groups is 1. The Kier molecular flexibility index (Phi) is 4.00. The zero-order chi connectivity index (χ0) is 13.3. The van der Waals surface area contributed by atoms with E-state index in [1.807, 2.05) is 0 Å². The van der Waals surface area contributed by atoms with Crippen LogP contribution in [0.2, 0.25) is 0 Å². The van der Waals surface area contributed by atoms with E-state index in [1.54, 1.807) is 13.8 Å². The molecule has 1 aromatic carbocycles. The Morgan fingerprint density at radius 2 is 1.88 bits per heavy atom. The number of hydrogen-bond donors (Lipinski definition) is 3. The molecule has 5 nitrogen and oxygen atoms in total. The third kappa shape index (κ3) is 2.23. The Hall–Kier alpha value is -1.27. The number of carbonyl (C=O) groups is 1. The molecule has 1 aromatic rings. The Bertz CT molecular complexity index is 470. The highest BCUT2D eigenvalue weighted by Crippen LogP contribution is 2.43. The molecule has 0 aromatic heterocycles. The van der Waals surface area contributed by atoms with Gasteiger partial charge in [0.2, 0.25) is 0 Å². The normalized spacial score (nSPS) is 12.3. The van der Waals surface area contributed by atoms with Crippen LogP contribution in [-0.4, -0.2) is 28.4 Å². The smallest absolute Gasteiger partial charge is 0.337 e. The van der Waals surface area contributed by atoms with Crippen molar-refractivity contribution in [2.75, 3.05) is 7.11 Å². The number of aromatic hydroxyl groups is 1. The molecular formula is C11H13BrO5. The molecule has 1 rings (SSSR count). The molecule has 0 radical (unpaired) electrons. The molecule has 0 bridgehead atoms. The standard InChI is InChI=1S/C11H13BrO5/c1-4-6(9(14)11(15)16)8(13)10(17-3)5(2)7(4)12/h9,13-14H,1-3H3,(H,15,16). The molecule has 6 heteroatoms. The molecule has 1 atom stereocenters. The molecule has 0 aliphatic carbocycles. The van der Waals surface area contributed by atoms with Crippen molar-refractivity contribution < 1.29 is 24.9 Å². The fourth-order valence-corrected chi connectivity index (χ4v) is 2.08. The molecule has 0 saturated carbocycles. The molecular weight excluding hydrogens is 292 g/mol. The maximum absolute atomic E-state index is 10.8. The number of aliphatic hydroxyl groups excluding tert-OH is 1. The molecule has 0 amide bonds. The summed E-state index contributed by atoms with van der Waals surface area (Å²) >= 11 is 3.28. The topological polar surface area (TPSA) is 87.0 Å². The first kappa shape index (κ1) is 13.8. The van der Waals surface area contributed by atoms with E-state index in [1.165, 1.54) is 7.11 Å². The first-order chi connectivity index (χ1) is 7.82. The predicted molar refractivity (Wildman–Crippen MR) is 64.4 cm³/mol. The first-order valence-electron chi connectivity index (χ1n) is 4.79. The second kappa shape index (κ2) is 4.93. The predicted octanol–water partition coefficient (Wildman–Crippen LogP) is 1.90. The third-order valence-corrected chi connectivity index (χ3v) is 3.77. The van der Waals surface area contributed by atoms with Gasteiger partial charge >= 0.3 is 5.97 Å². The van der Waals surface area contributed by atoms with Crippen LogP contribution in [0.4, 0.5) is 0 Å². The number of hydrogen-bond acceptors (Lipinski definition) is 4. The second-order valence-corrected chi connectivity index (χ2v) is 4.39. The Morgan fingerprint density at radius 3 is 2.29 bits per heavy atom. The van der Waals surface area contributed by atoms with Crippen LogP contribution in [0, 0.1) is 13.8 Å². The molecule has 0 saturated heterocycles. The van der Waals surface area contributed by atoms with Crippen LogP contribution in [0.25, 0.3) is 0 Å². The molecule has 0 fully saturated rings. The van der Waals surface area contributed by atoms with Crippen LogP contribution in [0.1, 0.15) is 22.8 Å². The zero-order valence-corrected chi connectivity index (χ0v) is 11.2. The average molecular weight is 305 g/mol. The number of aliphatic carboxylic acids is 1. The number of phenols is 1. The van der Waals surface area contributed by atoms with E-state index in [-0.39, 0.29) is 17.1 Å². The van der Waals surface area contributed by atoms with Gasteiger partial charge in [0.05, 0.1) is 7.11 Å². The maximum atomic E-state index is 10.8. The lowest BCUT2D eigenvalue weighted by Gasteiger charge is -2.18. The Morgan fingerprint density at radius 1 is 1.35 bits per heavy atom. The fraction of sp³-hybridized carbons (Fsp3) is 0.364. The van der Waals surface area contributed by atoms with Gasteiger partial charge in [0.25, 0.3) is 0 Å². The van der Waals surface area contributed by atoms with Gasteiger partial charge in [-0.2, -0.15) is 0 Å². The number of carboxylic acids is 1. The van der Waals surface area contributed by atoms with Crippen molar-refractivity contribution in [2.45, 2.75) is 20.0 Å². The largest absolute Gasteiger partial charge is 0.504 e. The van der Waals surface area contributed by atoms with Crippen molar-refractivity contribution in [3.05, 3.63) is 21.2 Å². The summed E-state index contributed by atoms with van der Waals surface area (Å²) in [6.45, 7) is 3.32. The molecule has 0 aliphatic heterocycles. The van der Waals surface area contributed by atoms with Gasteiger partial charge < -0.3 is 20.1 Å². The lowest BCUT2D eigenvalue weighted by atomic mass is 9.98. The second-order valence-electron chi connectivity index (χ2n) is 3.60. The van der Waals surface area contributed by atoms with Gasteiger partial charge in [-0.1, -0.05) is 15.9 Å². The van der Waals surface area contributed by atoms with Crippen LogP contribution in [0.5, 0.6) is 11.5 Å². The van der Waals surface area contributed by atoms with Crippen molar-refractivity contribution in [3.63, 3.8) is 0 Å².